The molecule has 0 spiro atoms. The minimum atomic E-state index is 0. The SMILES string of the molecule is C.COc1ccc(I)cc1.COc1ccc(N(C)c2ncnc3occ(C)c23)cc1.Cc1coc2ncnc(N(C)c3ccc(O)cc3)c12.Cc1coc2ncnc(N(C)c3ccc(O[11CH3])cc3)c12.Cc1coc2ncnc(N)c12. The van der Waals surface area contributed by atoms with Gasteiger partial charge in [0.25, 0.3) is 0 Å². The van der Waals surface area contributed by atoms with Gasteiger partial charge < -0.3 is 57.4 Å². The largest absolute Gasteiger partial charge is 0.508 e. The molecule has 0 unspecified atom stereocenters. The maximum atomic E-state index is 9.33. The lowest BCUT2D eigenvalue weighted by Crippen LogP contribution is -2.11. The number of nitrogen functional groups attached to an aromatic ring is 1. The Kier molecular flexibility index (Phi) is 19.4. The summed E-state index contributed by atoms with van der Waals surface area (Å²) in [6, 6.07) is 30.5. The Bertz CT molecular complexity index is 3780. The molecule has 0 aliphatic heterocycles. The van der Waals surface area contributed by atoms with E-state index in [1.807, 2.05) is 148 Å². The summed E-state index contributed by atoms with van der Waals surface area (Å²) < 4.78 is 37.8. The van der Waals surface area contributed by atoms with Crippen molar-refractivity contribution in [1.29, 1.82) is 0 Å². The molecule has 412 valence electrons. The van der Waals surface area contributed by atoms with Crippen molar-refractivity contribution >= 4 is 107 Å². The third-order valence-corrected chi connectivity index (χ3v) is 13.1. The number of phenolic OH excluding ortho intramolecular Hbond substituents is 1. The second-order valence-corrected chi connectivity index (χ2v) is 18.7. The van der Waals surface area contributed by atoms with Crippen molar-refractivity contribution in [2.45, 2.75) is 35.1 Å². The number of fused-ring (bicyclic) bond motifs is 4. The lowest BCUT2D eigenvalue weighted by molar-refractivity contribution is 0.414. The fraction of sp³-hybridized carbons (Fsp3) is 0.186. The van der Waals surface area contributed by atoms with Crippen LogP contribution in [0.25, 0.3) is 44.4 Å². The number of hydrogen-bond acceptors (Lipinski definition) is 20. The van der Waals surface area contributed by atoms with Crippen LogP contribution < -0.4 is 34.6 Å². The topological polar surface area (TPSA) is 239 Å². The molecule has 21 heteroatoms. The van der Waals surface area contributed by atoms with E-state index in [2.05, 4.69) is 62.5 Å². The number of phenols is 1. The lowest BCUT2D eigenvalue weighted by Gasteiger charge is -2.19. The molecule has 0 radical (unpaired) electrons. The molecule has 0 aliphatic carbocycles. The second-order valence-electron chi connectivity index (χ2n) is 17.5. The third kappa shape index (κ3) is 13.4. The van der Waals surface area contributed by atoms with Gasteiger partial charge >= 0.3 is 0 Å². The van der Waals surface area contributed by atoms with Crippen LogP contribution >= 0.6 is 22.6 Å². The first kappa shape index (κ1) is 58.2. The van der Waals surface area contributed by atoms with Crippen LogP contribution in [0.2, 0.25) is 0 Å². The van der Waals surface area contributed by atoms with Crippen molar-refractivity contribution in [1.82, 2.24) is 39.9 Å². The summed E-state index contributed by atoms with van der Waals surface area (Å²) in [6.45, 7) is 7.84. The quantitative estimate of drug-likeness (QED) is 0.128. The van der Waals surface area contributed by atoms with Crippen molar-refractivity contribution in [3.05, 3.63) is 173 Å². The highest BCUT2D eigenvalue weighted by Crippen LogP contribution is 2.35. The van der Waals surface area contributed by atoms with Crippen LogP contribution in [0.4, 0.5) is 40.3 Å². The van der Waals surface area contributed by atoms with Crippen LogP contribution in [0.3, 0.4) is 0 Å². The van der Waals surface area contributed by atoms with Crippen molar-refractivity contribution < 1.29 is 37.0 Å². The number of benzene rings is 4. The van der Waals surface area contributed by atoms with Gasteiger partial charge in [0.2, 0.25) is 22.9 Å². The summed E-state index contributed by atoms with van der Waals surface area (Å²) in [7, 11) is 10.8. The Balaban J connectivity index is 0.000000148. The van der Waals surface area contributed by atoms with E-state index in [4.69, 9.17) is 37.6 Å². The highest BCUT2D eigenvalue weighted by molar-refractivity contribution is 14.1. The zero-order valence-electron chi connectivity index (χ0n) is 45.0. The molecule has 0 atom stereocenters. The average Bonchev–Trinajstić information content (AvgIpc) is 4.31. The number of methoxy groups -OCH3 is 3. The highest BCUT2D eigenvalue weighted by atomic mass is 127. The predicted molar refractivity (Wildman–Crippen MR) is 321 cm³/mol. The minimum Gasteiger partial charge on any atom is -0.508 e. The Labute approximate surface area is 476 Å². The number of aromatic hydroxyl groups is 1. The van der Waals surface area contributed by atoms with E-state index in [-0.39, 0.29) is 13.2 Å². The first-order valence-electron chi connectivity index (χ1n) is 24.3. The number of halogens is 1. The van der Waals surface area contributed by atoms with Gasteiger partial charge in [-0.25, -0.2) is 39.9 Å². The number of nitrogens with two attached hydrogens (primary N) is 1. The van der Waals surface area contributed by atoms with E-state index in [0.717, 1.165) is 95.6 Å². The Morgan fingerprint density at radius 3 is 1.00 bits per heavy atom. The maximum Gasteiger partial charge on any atom is 0.231 e. The van der Waals surface area contributed by atoms with E-state index < -0.39 is 0 Å². The molecular weight excluding hydrogens is 1130 g/mol. The number of aryl methyl sites for hydroxylation is 4. The predicted octanol–water partition coefficient (Wildman–Crippen LogP) is 13.7. The minimum absolute atomic E-state index is 0. The van der Waals surface area contributed by atoms with Crippen molar-refractivity contribution in [2.24, 2.45) is 0 Å². The monoisotopic (exact) mass is 1190 g/mol. The Morgan fingerprint density at radius 1 is 0.412 bits per heavy atom. The third-order valence-electron chi connectivity index (χ3n) is 12.3. The summed E-state index contributed by atoms with van der Waals surface area (Å²) in [5.74, 6) is 5.71. The summed E-state index contributed by atoms with van der Waals surface area (Å²) in [5, 5.41) is 12.9. The first-order valence-corrected chi connectivity index (χ1v) is 25.4. The molecular formula is C59H61IN12O8. The van der Waals surface area contributed by atoms with Crippen LogP contribution in [0, 0.1) is 31.3 Å². The zero-order valence-corrected chi connectivity index (χ0v) is 47.2. The summed E-state index contributed by atoms with van der Waals surface area (Å²) >= 11 is 2.26. The Hall–Kier alpha value is -9.51. The van der Waals surface area contributed by atoms with Crippen molar-refractivity contribution in [3.63, 3.8) is 0 Å². The van der Waals surface area contributed by atoms with E-state index >= 15 is 0 Å². The number of ether oxygens (including phenoxy) is 3. The standard InChI is InChI=1S/2C15H15N3O2.C14H13N3O2.C7H7IO.C7H7N3O.CH4/c2*1-10-8-20-15-13(10)14(16-9-17-15)18(2)11-4-6-12(19-3)7-5-11;1-9-7-19-14-12(9)13(15-8-16-14)17(2)10-3-5-11(18)6-4-10;1-9-7-4-2-6(8)3-5-7;1-4-2-11-7-5(4)6(8)9-3-10-7;/h2*4-9H,1-3H3;3-8,18H,1-2H3;2-5H,1H3;2-3H,1H3,(H2,8,9,10);1H4/i3-1;;;;;. The molecule has 8 aromatic heterocycles. The maximum absolute atomic E-state index is 9.33. The molecule has 80 heavy (non-hydrogen) atoms. The fourth-order valence-corrected chi connectivity index (χ4v) is 8.39. The van der Waals surface area contributed by atoms with Crippen LogP contribution in [0.15, 0.2) is 165 Å². The number of anilines is 7. The number of furan rings is 4. The molecule has 0 amide bonds. The van der Waals surface area contributed by atoms with Gasteiger partial charge in [-0.1, -0.05) is 7.43 Å². The van der Waals surface area contributed by atoms with E-state index in [9.17, 15) is 5.11 Å². The summed E-state index contributed by atoms with van der Waals surface area (Å²) in [4.78, 5) is 39.2. The van der Waals surface area contributed by atoms with Gasteiger partial charge in [0, 0.05) is 64.0 Å². The normalized spacial score (nSPS) is 10.4. The number of rotatable bonds is 9. The fourth-order valence-electron chi connectivity index (χ4n) is 8.03. The molecule has 12 rings (SSSR count). The van der Waals surface area contributed by atoms with E-state index in [1.54, 1.807) is 58.5 Å². The smallest absolute Gasteiger partial charge is 0.231 e. The number of nitrogens with zero attached hydrogens (tertiary/aromatic N) is 11. The summed E-state index contributed by atoms with van der Waals surface area (Å²) in [5.41, 5.74) is 14.9. The molecule has 4 aromatic carbocycles. The first-order chi connectivity index (χ1) is 38.2. The second kappa shape index (κ2) is 26.7. The van der Waals surface area contributed by atoms with Gasteiger partial charge in [-0.05, 0) is 147 Å². The van der Waals surface area contributed by atoms with Crippen LogP contribution in [0.5, 0.6) is 23.0 Å². The van der Waals surface area contributed by atoms with Crippen molar-refractivity contribution in [2.75, 3.05) is 62.9 Å². The van der Waals surface area contributed by atoms with Gasteiger partial charge in [0.15, 0.2) is 0 Å². The van der Waals surface area contributed by atoms with Gasteiger partial charge in [-0.3, -0.25) is 0 Å². The average molecular weight is 1190 g/mol. The summed E-state index contributed by atoms with van der Waals surface area (Å²) in [6.07, 6.45) is 12.6. The molecule has 20 nitrogen and oxygen atoms in total. The molecule has 0 bridgehead atoms. The van der Waals surface area contributed by atoms with E-state index in [0.29, 0.717) is 28.7 Å². The number of hydrogen-bond donors (Lipinski definition) is 2. The number of aromatic nitrogens is 8. The Morgan fingerprint density at radius 2 is 0.688 bits per heavy atom. The van der Waals surface area contributed by atoms with Gasteiger partial charge in [0.1, 0.15) is 71.6 Å². The van der Waals surface area contributed by atoms with Gasteiger partial charge in [-0.2, -0.15) is 0 Å². The van der Waals surface area contributed by atoms with Crippen LogP contribution in [0.1, 0.15) is 29.7 Å². The van der Waals surface area contributed by atoms with Crippen LogP contribution in [-0.2, 0) is 0 Å². The molecule has 3 N–H and O–H groups in total. The van der Waals surface area contributed by atoms with Crippen LogP contribution in [-0.4, -0.2) is 87.5 Å². The van der Waals surface area contributed by atoms with E-state index in [1.165, 1.54) is 28.9 Å². The molecule has 0 aliphatic rings. The van der Waals surface area contributed by atoms with Crippen molar-refractivity contribution in [3.8, 4) is 23.0 Å². The zero-order chi connectivity index (χ0) is 56.2. The van der Waals surface area contributed by atoms with Gasteiger partial charge in [-0.15, -0.1) is 0 Å². The molecule has 12 aromatic rings. The highest BCUT2D eigenvalue weighted by Gasteiger charge is 2.18. The molecule has 0 saturated carbocycles. The molecule has 8 heterocycles. The molecule has 0 saturated heterocycles. The van der Waals surface area contributed by atoms with Gasteiger partial charge in [0.05, 0.1) is 67.9 Å². The lowest BCUT2D eigenvalue weighted by atomic mass is 10.2. The molecule has 0 fully saturated rings.